The molecule has 1 amide bonds. The van der Waals surface area contributed by atoms with Gasteiger partial charge in [-0.2, -0.15) is 0 Å². The topological polar surface area (TPSA) is 85.3 Å². The molecule has 1 aliphatic rings. The number of benzene rings is 2. The maximum absolute atomic E-state index is 12.5. The highest BCUT2D eigenvalue weighted by Gasteiger charge is 2.48. The van der Waals surface area contributed by atoms with Crippen LogP contribution < -0.4 is 9.47 Å². The number of methoxy groups -OCH3 is 2. The number of hydrogen-bond acceptors (Lipinski definition) is 6. The second-order valence-electron chi connectivity index (χ2n) is 6.30. The zero-order chi connectivity index (χ0) is 19.4. The van der Waals surface area contributed by atoms with Crippen LogP contribution in [0.4, 0.5) is 4.79 Å². The molecule has 27 heavy (non-hydrogen) atoms. The number of carbonyl (C=O) groups excluding carboxylic acids is 2. The average molecular weight is 371 g/mol. The van der Waals surface area contributed by atoms with E-state index in [4.69, 9.17) is 14.2 Å². The van der Waals surface area contributed by atoms with E-state index in [-0.39, 0.29) is 11.7 Å². The van der Waals surface area contributed by atoms with E-state index < -0.39 is 18.1 Å². The van der Waals surface area contributed by atoms with Gasteiger partial charge in [0.25, 0.3) is 0 Å². The number of amides is 1. The molecule has 0 aromatic heterocycles. The van der Waals surface area contributed by atoms with Crippen molar-refractivity contribution in [2.24, 2.45) is 5.92 Å². The zero-order valence-corrected chi connectivity index (χ0v) is 15.1. The summed E-state index contributed by atoms with van der Waals surface area (Å²) in [6.07, 6.45) is -0.0664. The minimum absolute atomic E-state index is 0.109. The molecule has 0 saturated carbocycles. The highest BCUT2D eigenvalue weighted by molar-refractivity contribution is 5.84. The minimum Gasteiger partial charge on any atom is -0.508 e. The fourth-order valence-electron chi connectivity index (χ4n) is 3.18. The first kappa shape index (κ1) is 18.6. The molecule has 3 rings (SSSR count). The predicted molar refractivity (Wildman–Crippen MR) is 96.8 cm³/mol. The van der Waals surface area contributed by atoms with Gasteiger partial charge in [0, 0.05) is 12.5 Å². The van der Waals surface area contributed by atoms with Crippen LogP contribution in [0.3, 0.4) is 0 Å². The maximum Gasteiger partial charge on any atom is 0.416 e. The molecule has 1 N–H and O–H groups in total. The van der Waals surface area contributed by atoms with E-state index in [1.807, 2.05) is 6.07 Å². The Balaban J connectivity index is 1.67. The zero-order valence-electron chi connectivity index (χ0n) is 15.1. The van der Waals surface area contributed by atoms with Crippen molar-refractivity contribution < 1.29 is 28.9 Å². The average Bonchev–Trinajstić information content (AvgIpc) is 2.65. The van der Waals surface area contributed by atoms with Crippen LogP contribution in [0.1, 0.15) is 5.56 Å². The van der Waals surface area contributed by atoms with E-state index in [9.17, 15) is 14.7 Å². The summed E-state index contributed by atoms with van der Waals surface area (Å²) >= 11 is 0. The summed E-state index contributed by atoms with van der Waals surface area (Å²) < 4.78 is 15.3. The Kier molecular flexibility index (Phi) is 5.49. The van der Waals surface area contributed by atoms with Crippen molar-refractivity contribution >= 4 is 12.1 Å². The third kappa shape index (κ3) is 4.13. The molecule has 0 aliphatic carbocycles. The lowest BCUT2D eigenvalue weighted by Gasteiger charge is -2.45. The van der Waals surface area contributed by atoms with Crippen molar-refractivity contribution in [2.75, 3.05) is 20.8 Å². The van der Waals surface area contributed by atoms with Gasteiger partial charge in [0.2, 0.25) is 0 Å². The second kappa shape index (κ2) is 7.99. The molecule has 2 atom stereocenters. The Morgan fingerprint density at radius 1 is 1.11 bits per heavy atom. The predicted octanol–water partition coefficient (Wildman–Crippen LogP) is 2.62. The molecule has 1 aliphatic heterocycles. The Morgan fingerprint density at radius 3 is 2.44 bits per heavy atom. The number of likely N-dealkylation sites (tertiary alicyclic amines) is 1. The molecule has 2 aromatic rings. The largest absolute Gasteiger partial charge is 0.508 e. The molecule has 0 bridgehead atoms. The Labute approximate surface area is 157 Å². The molecule has 2 aromatic carbocycles. The van der Waals surface area contributed by atoms with E-state index in [2.05, 4.69) is 0 Å². The molecule has 7 heteroatoms. The van der Waals surface area contributed by atoms with Crippen LogP contribution in [0.15, 0.2) is 48.5 Å². The smallest absolute Gasteiger partial charge is 0.416 e. The summed E-state index contributed by atoms with van der Waals surface area (Å²) in [5.41, 5.74) is 0.886. The van der Waals surface area contributed by atoms with Crippen molar-refractivity contribution in [1.29, 1.82) is 0 Å². The number of aromatic hydroxyl groups is 1. The fraction of sp³-hybridized carbons (Fsp3) is 0.300. The van der Waals surface area contributed by atoms with E-state index in [1.165, 1.54) is 12.0 Å². The molecule has 1 heterocycles. The van der Waals surface area contributed by atoms with Gasteiger partial charge in [0.05, 0.1) is 14.2 Å². The SMILES string of the molecule is COC(=O)[C@@H]1[C@H](Cc2cccc(O)c2)CN1C(=O)Oc1ccc(OC)cc1. The van der Waals surface area contributed by atoms with Crippen LogP contribution in [-0.4, -0.2) is 48.9 Å². The van der Waals surface area contributed by atoms with Crippen LogP contribution in [0, 0.1) is 5.92 Å². The summed E-state index contributed by atoms with van der Waals surface area (Å²) in [6, 6.07) is 12.7. The van der Waals surface area contributed by atoms with Crippen LogP contribution in [0.2, 0.25) is 0 Å². The van der Waals surface area contributed by atoms with Crippen molar-refractivity contribution in [2.45, 2.75) is 12.5 Å². The summed E-state index contributed by atoms with van der Waals surface area (Å²) in [7, 11) is 2.84. The molecular weight excluding hydrogens is 350 g/mol. The second-order valence-corrected chi connectivity index (χ2v) is 6.30. The lowest BCUT2D eigenvalue weighted by molar-refractivity contribution is -0.154. The van der Waals surface area contributed by atoms with E-state index >= 15 is 0 Å². The lowest BCUT2D eigenvalue weighted by atomic mass is 9.83. The summed E-state index contributed by atoms with van der Waals surface area (Å²) in [4.78, 5) is 26.0. The van der Waals surface area contributed by atoms with Gasteiger partial charge in [-0.25, -0.2) is 9.59 Å². The summed E-state index contributed by atoms with van der Waals surface area (Å²) in [5, 5.41) is 9.59. The molecule has 0 spiro atoms. The maximum atomic E-state index is 12.5. The third-order valence-electron chi connectivity index (χ3n) is 4.56. The Hall–Kier alpha value is -3.22. The van der Waals surface area contributed by atoms with Crippen molar-refractivity contribution in [3.8, 4) is 17.2 Å². The first-order valence-electron chi connectivity index (χ1n) is 8.50. The normalized spacial score (nSPS) is 18.4. The van der Waals surface area contributed by atoms with Crippen LogP contribution in [0.25, 0.3) is 0 Å². The van der Waals surface area contributed by atoms with Gasteiger partial charge in [-0.3, -0.25) is 4.90 Å². The fourth-order valence-corrected chi connectivity index (χ4v) is 3.18. The molecule has 1 fully saturated rings. The highest BCUT2D eigenvalue weighted by atomic mass is 16.6. The number of carbonyl (C=O) groups is 2. The standard InChI is InChI=1S/C20H21NO6/c1-25-16-6-8-17(9-7-16)27-20(24)21-12-14(18(21)19(23)26-2)10-13-4-3-5-15(22)11-13/h3-9,11,14,18,22H,10,12H2,1-2H3/t14-,18+/m1/s1. The van der Waals surface area contributed by atoms with Gasteiger partial charge in [0.15, 0.2) is 0 Å². The molecule has 0 unspecified atom stereocenters. The number of rotatable bonds is 5. The van der Waals surface area contributed by atoms with Crippen LogP contribution in [-0.2, 0) is 16.0 Å². The van der Waals surface area contributed by atoms with E-state index in [1.54, 1.807) is 49.6 Å². The third-order valence-corrected chi connectivity index (χ3v) is 4.56. The monoisotopic (exact) mass is 371 g/mol. The molecule has 0 radical (unpaired) electrons. The van der Waals surface area contributed by atoms with Gasteiger partial charge in [-0.15, -0.1) is 0 Å². The summed E-state index contributed by atoms with van der Waals surface area (Å²) in [5.74, 6) is 0.580. The van der Waals surface area contributed by atoms with Crippen molar-refractivity contribution in [3.63, 3.8) is 0 Å². The van der Waals surface area contributed by atoms with Gasteiger partial charge in [-0.05, 0) is 48.4 Å². The Bertz CT molecular complexity index is 819. The first-order chi connectivity index (χ1) is 13.0. The van der Waals surface area contributed by atoms with Gasteiger partial charge in [0.1, 0.15) is 23.3 Å². The van der Waals surface area contributed by atoms with Crippen molar-refractivity contribution in [3.05, 3.63) is 54.1 Å². The van der Waals surface area contributed by atoms with E-state index in [0.717, 1.165) is 5.56 Å². The van der Waals surface area contributed by atoms with Crippen LogP contribution in [0.5, 0.6) is 17.2 Å². The number of hydrogen-bond donors (Lipinski definition) is 1. The molecule has 7 nitrogen and oxygen atoms in total. The number of ether oxygens (including phenoxy) is 3. The summed E-state index contributed by atoms with van der Waals surface area (Å²) in [6.45, 7) is 0.365. The van der Waals surface area contributed by atoms with Gasteiger partial charge < -0.3 is 19.3 Å². The first-order valence-corrected chi connectivity index (χ1v) is 8.50. The van der Waals surface area contributed by atoms with Crippen LogP contribution >= 0.6 is 0 Å². The van der Waals surface area contributed by atoms with Gasteiger partial charge >= 0.3 is 12.1 Å². The molecule has 142 valence electrons. The van der Waals surface area contributed by atoms with E-state index in [0.29, 0.717) is 24.5 Å². The highest BCUT2D eigenvalue weighted by Crippen LogP contribution is 2.31. The Morgan fingerprint density at radius 2 is 1.81 bits per heavy atom. The number of esters is 1. The number of phenolic OH excluding ortho intramolecular Hbond substituents is 1. The molecule has 1 saturated heterocycles. The van der Waals surface area contributed by atoms with Gasteiger partial charge in [-0.1, -0.05) is 12.1 Å². The number of nitrogens with zero attached hydrogens (tertiary/aromatic N) is 1. The quantitative estimate of drug-likeness (QED) is 0.814. The lowest BCUT2D eigenvalue weighted by Crippen LogP contribution is -2.63. The molecular formula is C20H21NO6. The van der Waals surface area contributed by atoms with Crippen molar-refractivity contribution in [1.82, 2.24) is 4.90 Å². The minimum atomic E-state index is -0.719. The number of phenols is 1.